The molecule has 238 valence electrons. The first-order valence-electron chi connectivity index (χ1n) is 15.5. The zero-order valence-electron chi connectivity index (χ0n) is 26.3. The summed E-state index contributed by atoms with van der Waals surface area (Å²) in [5, 5.41) is 11.5. The van der Waals surface area contributed by atoms with Crippen LogP contribution in [0.15, 0.2) is 67.0 Å². The van der Waals surface area contributed by atoms with E-state index >= 15 is 4.39 Å². The van der Waals surface area contributed by atoms with E-state index in [1.807, 2.05) is 38.1 Å². The molecule has 0 atom stereocenters. The van der Waals surface area contributed by atoms with Crippen LogP contribution in [0.4, 0.5) is 10.1 Å². The number of benzene rings is 3. The standard InChI is InChI=1S/C35H37FN6O4/c1-23-9-7-10-24(2)34(23)42-22-29(39-40-42)35(43)38-25-11-12-31(27(36)19-25)46-30-13-14-37-28-21-33(32(44-3)20-26(28)30)45-18-8-17-41-15-5-4-6-16-41/h7,9-14,19-22H,4-6,8,15-18H2,1-3H3,(H,38,43). The van der Waals surface area contributed by atoms with Gasteiger partial charge in [0, 0.05) is 35.9 Å². The van der Waals surface area contributed by atoms with Gasteiger partial charge in [-0.2, -0.15) is 0 Å². The fourth-order valence-electron chi connectivity index (χ4n) is 5.76. The lowest BCUT2D eigenvalue weighted by molar-refractivity contribution is 0.102. The van der Waals surface area contributed by atoms with Crippen molar-refractivity contribution in [2.75, 3.05) is 38.7 Å². The van der Waals surface area contributed by atoms with E-state index in [-0.39, 0.29) is 17.1 Å². The third-order valence-electron chi connectivity index (χ3n) is 8.12. The second-order valence-corrected chi connectivity index (χ2v) is 11.4. The van der Waals surface area contributed by atoms with Gasteiger partial charge >= 0.3 is 0 Å². The number of likely N-dealkylation sites (tertiary alicyclic amines) is 1. The van der Waals surface area contributed by atoms with Crippen LogP contribution in [0, 0.1) is 19.7 Å². The molecule has 0 radical (unpaired) electrons. The number of aromatic nitrogens is 4. The molecule has 0 saturated carbocycles. The van der Waals surface area contributed by atoms with Crippen molar-refractivity contribution in [3.8, 4) is 28.7 Å². The minimum atomic E-state index is -0.650. The Kier molecular flexibility index (Phi) is 9.39. The molecule has 3 aromatic carbocycles. The van der Waals surface area contributed by atoms with Crippen LogP contribution in [-0.2, 0) is 0 Å². The SMILES string of the molecule is COc1cc2c(Oc3ccc(NC(=O)c4cn(-c5c(C)cccc5C)nn4)cc3F)ccnc2cc1OCCCN1CCCCC1. The number of rotatable bonds is 11. The number of carbonyl (C=O) groups is 1. The number of methoxy groups -OCH3 is 1. The molecule has 2 aromatic heterocycles. The van der Waals surface area contributed by atoms with E-state index in [1.165, 1.54) is 31.4 Å². The van der Waals surface area contributed by atoms with E-state index in [0.717, 1.165) is 42.9 Å². The van der Waals surface area contributed by atoms with Crippen LogP contribution < -0.4 is 19.5 Å². The molecule has 1 amide bonds. The maximum absolute atomic E-state index is 15.2. The Balaban J connectivity index is 1.12. The zero-order chi connectivity index (χ0) is 32.0. The van der Waals surface area contributed by atoms with Crippen LogP contribution in [-0.4, -0.2) is 64.1 Å². The van der Waals surface area contributed by atoms with Crippen LogP contribution >= 0.6 is 0 Å². The Hall–Kier alpha value is -5.03. The predicted octanol–water partition coefficient (Wildman–Crippen LogP) is 6.88. The highest BCUT2D eigenvalue weighted by Crippen LogP contribution is 2.38. The molecule has 1 aliphatic rings. The molecular weight excluding hydrogens is 587 g/mol. The van der Waals surface area contributed by atoms with Crippen LogP contribution in [0.25, 0.3) is 16.6 Å². The predicted molar refractivity (Wildman–Crippen MR) is 174 cm³/mol. The minimum Gasteiger partial charge on any atom is -0.493 e. The first kappa shape index (κ1) is 31.0. The van der Waals surface area contributed by atoms with E-state index in [9.17, 15) is 4.79 Å². The van der Waals surface area contributed by atoms with Gasteiger partial charge in [0.2, 0.25) is 0 Å². The fourth-order valence-corrected chi connectivity index (χ4v) is 5.76. The van der Waals surface area contributed by atoms with Gasteiger partial charge in [-0.25, -0.2) is 9.07 Å². The van der Waals surface area contributed by atoms with Crippen LogP contribution in [0.5, 0.6) is 23.0 Å². The van der Waals surface area contributed by atoms with E-state index in [0.29, 0.717) is 34.8 Å². The fraction of sp³-hybridized carbons (Fsp3) is 0.314. The highest BCUT2D eigenvalue weighted by Gasteiger charge is 2.17. The number of nitrogens with zero attached hydrogens (tertiary/aromatic N) is 5. The van der Waals surface area contributed by atoms with Gasteiger partial charge in [-0.05, 0) is 81.6 Å². The molecule has 11 heteroatoms. The molecule has 1 aliphatic heterocycles. The van der Waals surface area contributed by atoms with E-state index in [2.05, 4.69) is 25.5 Å². The van der Waals surface area contributed by atoms with Crippen LogP contribution in [0.2, 0.25) is 0 Å². The third kappa shape index (κ3) is 6.94. The number of ether oxygens (including phenoxy) is 3. The van der Waals surface area contributed by atoms with Crippen molar-refractivity contribution in [1.29, 1.82) is 0 Å². The lowest BCUT2D eigenvalue weighted by atomic mass is 10.1. The van der Waals surface area contributed by atoms with Gasteiger partial charge in [0.1, 0.15) is 5.75 Å². The van der Waals surface area contributed by atoms with E-state index in [4.69, 9.17) is 14.2 Å². The summed E-state index contributed by atoms with van der Waals surface area (Å²) < 4.78 is 34.5. The Labute approximate surface area is 267 Å². The number of amides is 1. The van der Waals surface area contributed by atoms with Crippen molar-refractivity contribution in [3.63, 3.8) is 0 Å². The Morgan fingerprint density at radius 2 is 1.76 bits per heavy atom. The zero-order valence-corrected chi connectivity index (χ0v) is 26.3. The van der Waals surface area contributed by atoms with Crippen molar-refractivity contribution >= 4 is 22.5 Å². The molecule has 0 spiro atoms. The average Bonchev–Trinajstić information content (AvgIpc) is 3.54. The monoisotopic (exact) mass is 624 g/mol. The smallest absolute Gasteiger partial charge is 0.277 e. The maximum Gasteiger partial charge on any atom is 0.277 e. The second kappa shape index (κ2) is 13.9. The number of nitrogens with one attached hydrogen (secondary N) is 1. The Morgan fingerprint density at radius 1 is 0.957 bits per heavy atom. The molecular formula is C35H37FN6O4. The molecule has 0 bridgehead atoms. The maximum atomic E-state index is 15.2. The topological polar surface area (TPSA) is 104 Å². The Bertz CT molecular complexity index is 1830. The molecule has 0 aliphatic carbocycles. The number of hydrogen-bond donors (Lipinski definition) is 1. The number of aryl methyl sites for hydroxylation is 2. The molecule has 0 unspecified atom stereocenters. The summed E-state index contributed by atoms with van der Waals surface area (Å²) in [5.41, 5.74) is 3.84. The van der Waals surface area contributed by atoms with E-state index < -0.39 is 11.7 Å². The first-order valence-corrected chi connectivity index (χ1v) is 15.5. The van der Waals surface area contributed by atoms with Crippen molar-refractivity contribution < 1.29 is 23.4 Å². The molecule has 1 saturated heterocycles. The summed E-state index contributed by atoms with van der Waals surface area (Å²) in [6, 6.07) is 15.4. The quantitative estimate of drug-likeness (QED) is 0.159. The Morgan fingerprint density at radius 3 is 2.52 bits per heavy atom. The average molecular weight is 625 g/mol. The normalized spacial score (nSPS) is 13.5. The van der Waals surface area contributed by atoms with E-state index in [1.54, 1.807) is 42.4 Å². The van der Waals surface area contributed by atoms with Gasteiger partial charge < -0.3 is 24.4 Å². The number of anilines is 1. The summed E-state index contributed by atoms with van der Waals surface area (Å²) >= 11 is 0. The van der Waals surface area contributed by atoms with Crippen LogP contribution in [0.3, 0.4) is 0 Å². The van der Waals surface area contributed by atoms with Crippen molar-refractivity contribution in [2.24, 2.45) is 0 Å². The number of pyridine rings is 1. The molecule has 5 aromatic rings. The summed E-state index contributed by atoms with van der Waals surface area (Å²) in [6.45, 7) is 7.81. The molecule has 1 N–H and O–H groups in total. The highest BCUT2D eigenvalue weighted by molar-refractivity contribution is 6.02. The summed E-state index contributed by atoms with van der Waals surface area (Å²) in [5.74, 6) is 0.363. The second-order valence-electron chi connectivity index (χ2n) is 11.4. The van der Waals surface area contributed by atoms with Gasteiger partial charge in [-0.1, -0.05) is 29.8 Å². The minimum absolute atomic E-state index is 0.0107. The number of fused-ring (bicyclic) bond motifs is 1. The van der Waals surface area contributed by atoms with Crippen molar-refractivity contribution in [2.45, 2.75) is 39.5 Å². The van der Waals surface area contributed by atoms with Gasteiger partial charge in [-0.15, -0.1) is 5.10 Å². The van der Waals surface area contributed by atoms with Crippen LogP contribution in [0.1, 0.15) is 47.3 Å². The van der Waals surface area contributed by atoms with Gasteiger partial charge in [-0.3, -0.25) is 9.78 Å². The molecule has 10 nitrogen and oxygen atoms in total. The number of para-hydroxylation sites is 1. The molecule has 1 fully saturated rings. The highest BCUT2D eigenvalue weighted by atomic mass is 19.1. The van der Waals surface area contributed by atoms with Gasteiger partial charge in [0.05, 0.1) is 31.1 Å². The number of halogens is 1. The largest absolute Gasteiger partial charge is 0.493 e. The first-order chi connectivity index (χ1) is 22.4. The number of hydrogen-bond acceptors (Lipinski definition) is 8. The van der Waals surface area contributed by atoms with Crippen molar-refractivity contribution in [1.82, 2.24) is 24.9 Å². The lowest BCUT2D eigenvalue weighted by Crippen LogP contribution is -2.31. The lowest BCUT2D eigenvalue weighted by Gasteiger charge is -2.26. The summed E-state index contributed by atoms with van der Waals surface area (Å²) in [7, 11) is 1.58. The molecule has 3 heterocycles. The third-order valence-corrected chi connectivity index (χ3v) is 8.12. The molecule has 46 heavy (non-hydrogen) atoms. The summed E-state index contributed by atoms with van der Waals surface area (Å²) in [6.07, 6.45) is 7.91. The number of piperidine rings is 1. The summed E-state index contributed by atoms with van der Waals surface area (Å²) in [4.78, 5) is 19.8. The van der Waals surface area contributed by atoms with Gasteiger partial charge in [0.15, 0.2) is 28.8 Å². The van der Waals surface area contributed by atoms with Crippen molar-refractivity contribution in [3.05, 3.63) is 89.6 Å². The van der Waals surface area contributed by atoms with Gasteiger partial charge in [0.25, 0.3) is 5.91 Å². The number of carbonyl (C=O) groups excluding carboxylic acids is 1. The molecule has 6 rings (SSSR count).